The summed E-state index contributed by atoms with van der Waals surface area (Å²) < 4.78 is 41.5. The third kappa shape index (κ3) is 3.94. The fraction of sp³-hybridized carbons (Fsp3) is 0.133. The molecule has 0 aliphatic carbocycles. The molecule has 0 saturated carbocycles. The summed E-state index contributed by atoms with van der Waals surface area (Å²) in [4.78, 5) is 11.0. The molecule has 0 radical (unpaired) electrons. The van der Waals surface area contributed by atoms with Crippen molar-refractivity contribution < 1.29 is 32.9 Å². The second-order valence-corrected chi connectivity index (χ2v) is 4.89. The highest BCUT2D eigenvalue weighted by Gasteiger charge is 2.33. The third-order valence-electron chi connectivity index (χ3n) is 2.96. The molecule has 2 rings (SSSR count). The van der Waals surface area contributed by atoms with Gasteiger partial charge in [0.1, 0.15) is 5.75 Å². The van der Waals surface area contributed by atoms with Crippen LogP contribution in [-0.4, -0.2) is 22.5 Å². The van der Waals surface area contributed by atoms with Crippen LogP contribution in [0, 0.1) is 0 Å². The van der Waals surface area contributed by atoms with Crippen molar-refractivity contribution in [3.05, 3.63) is 53.1 Å². The number of rotatable bonds is 4. The van der Waals surface area contributed by atoms with E-state index in [4.69, 9.17) is 16.7 Å². The van der Waals surface area contributed by atoms with Crippen LogP contribution in [0.4, 0.5) is 13.2 Å². The van der Waals surface area contributed by atoms with Crippen molar-refractivity contribution in [2.24, 2.45) is 0 Å². The number of ether oxygens (including phenoxy) is 1. The lowest BCUT2D eigenvalue weighted by Crippen LogP contribution is -2.18. The van der Waals surface area contributed by atoms with Crippen LogP contribution in [-0.2, 0) is 4.79 Å². The minimum atomic E-state index is -4.92. The quantitative estimate of drug-likeness (QED) is 0.877. The Morgan fingerprint density at radius 2 is 1.70 bits per heavy atom. The van der Waals surface area contributed by atoms with Gasteiger partial charge in [0.25, 0.3) is 0 Å². The van der Waals surface area contributed by atoms with Crippen LogP contribution in [0.2, 0.25) is 5.02 Å². The van der Waals surface area contributed by atoms with Gasteiger partial charge in [-0.2, -0.15) is 0 Å². The molecule has 23 heavy (non-hydrogen) atoms. The number of hydrogen-bond donors (Lipinski definition) is 2. The molecule has 0 fully saturated rings. The van der Waals surface area contributed by atoms with Crippen LogP contribution < -0.4 is 4.74 Å². The maximum Gasteiger partial charge on any atom is 0.573 e. The number of carboxylic acids is 1. The van der Waals surface area contributed by atoms with Gasteiger partial charge in [-0.05, 0) is 17.7 Å². The Hall–Kier alpha value is -2.25. The Balaban J connectivity index is 2.64. The highest BCUT2D eigenvalue weighted by atomic mass is 35.5. The molecule has 0 aliphatic rings. The van der Waals surface area contributed by atoms with Gasteiger partial charge >= 0.3 is 12.3 Å². The van der Waals surface area contributed by atoms with Crippen LogP contribution >= 0.6 is 11.6 Å². The third-order valence-corrected chi connectivity index (χ3v) is 3.29. The summed E-state index contributed by atoms with van der Waals surface area (Å²) in [6.07, 6.45) is -6.90. The predicted octanol–water partition coefficient (Wildman–Crippen LogP) is 4.02. The molecular weight excluding hydrogens is 337 g/mol. The number of hydrogen-bond acceptors (Lipinski definition) is 3. The fourth-order valence-electron chi connectivity index (χ4n) is 2.08. The van der Waals surface area contributed by atoms with E-state index in [1.807, 2.05) is 0 Å². The number of aliphatic hydroxyl groups excluding tert-OH is 1. The lowest BCUT2D eigenvalue weighted by atomic mass is 9.95. The summed E-state index contributed by atoms with van der Waals surface area (Å²) in [5.41, 5.74) is -0.213. The zero-order valence-corrected chi connectivity index (χ0v) is 12.1. The zero-order valence-electron chi connectivity index (χ0n) is 11.3. The topological polar surface area (TPSA) is 66.8 Å². The Kier molecular flexibility index (Phi) is 4.82. The lowest BCUT2D eigenvalue weighted by Gasteiger charge is -2.18. The lowest BCUT2D eigenvalue weighted by molar-refractivity contribution is -0.274. The number of aliphatic hydroxyl groups is 1. The molecule has 0 aromatic heterocycles. The molecule has 4 nitrogen and oxygen atoms in total. The van der Waals surface area contributed by atoms with E-state index in [9.17, 15) is 23.1 Å². The second-order valence-electron chi connectivity index (χ2n) is 4.49. The normalized spacial score (nSPS) is 12.7. The van der Waals surface area contributed by atoms with Gasteiger partial charge in [0.2, 0.25) is 0 Å². The number of alkyl halides is 3. The monoisotopic (exact) mass is 346 g/mol. The van der Waals surface area contributed by atoms with Crippen LogP contribution in [0.3, 0.4) is 0 Å². The van der Waals surface area contributed by atoms with E-state index in [1.165, 1.54) is 36.4 Å². The summed E-state index contributed by atoms with van der Waals surface area (Å²) in [5.74, 6) is -2.10. The summed E-state index contributed by atoms with van der Waals surface area (Å²) in [6, 6.07) is 9.30. The van der Waals surface area contributed by atoms with Crippen molar-refractivity contribution in [2.45, 2.75) is 12.5 Å². The van der Waals surface area contributed by atoms with Crippen molar-refractivity contribution in [3.63, 3.8) is 0 Å². The first-order valence-electron chi connectivity index (χ1n) is 6.25. The van der Waals surface area contributed by atoms with Crippen LogP contribution in [0.25, 0.3) is 11.1 Å². The molecule has 0 spiro atoms. The van der Waals surface area contributed by atoms with Gasteiger partial charge in [0.05, 0.1) is 0 Å². The molecule has 2 aromatic carbocycles. The SMILES string of the molecule is O=C(O)C(O)c1c(Cl)cccc1-c1ccccc1OC(F)(F)F. The van der Waals surface area contributed by atoms with E-state index < -0.39 is 24.2 Å². The first-order chi connectivity index (χ1) is 10.7. The smallest absolute Gasteiger partial charge is 0.479 e. The van der Waals surface area contributed by atoms with Gasteiger partial charge in [0.15, 0.2) is 6.10 Å². The molecule has 122 valence electrons. The average molecular weight is 347 g/mol. The molecule has 1 unspecified atom stereocenters. The molecule has 2 N–H and O–H groups in total. The molecule has 1 atom stereocenters. The van der Waals surface area contributed by atoms with Crippen molar-refractivity contribution in [1.29, 1.82) is 0 Å². The maximum atomic E-state index is 12.5. The minimum absolute atomic E-state index is 0.0345. The minimum Gasteiger partial charge on any atom is -0.479 e. The van der Waals surface area contributed by atoms with Gasteiger partial charge in [-0.3, -0.25) is 0 Å². The molecule has 0 bridgehead atoms. The van der Waals surface area contributed by atoms with Crippen molar-refractivity contribution in [2.75, 3.05) is 0 Å². The average Bonchev–Trinajstić information content (AvgIpc) is 2.45. The van der Waals surface area contributed by atoms with E-state index in [0.717, 1.165) is 6.07 Å². The van der Waals surface area contributed by atoms with E-state index in [2.05, 4.69) is 4.74 Å². The van der Waals surface area contributed by atoms with Crippen molar-refractivity contribution in [1.82, 2.24) is 0 Å². The number of para-hydroxylation sites is 1. The molecule has 2 aromatic rings. The first kappa shape index (κ1) is 17.1. The van der Waals surface area contributed by atoms with Crippen molar-refractivity contribution >= 4 is 17.6 Å². The number of carbonyl (C=O) groups is 1. The molecule has 0 amide bonds. The van der Waals surface area contributed by atoms with Crippen LogP contribution in [0.1, 0.15) is 11.7 Å². The number of halogens is 4. The molecule has 0 heterocycles. The van der Waals surface area contributed by atoms with Gasteiger partial charge in [-0.1, -0.05) is 41.9 Å². The summed E-state index contributed by atoms with van der Waals surface area (Å²) in [5, 5.41) is 18.7. The van der Waals surface area contributed by atoms with Crippen LogP contribution in [0.15, 0.2) is 42.5 Å². The molecule has 8 heteroatoms. The van der Waals surface area contributed by atoms with Gasteiger partial charge in [0, 0.05) is 16.1 Å². The Labute approximate surface area is 133 Å². The van der Waals surface area contributed by atoms with Crippen molar-refractivity contribution in [3.8, 4) is 16.9 Å². The van der Waals surface area contributed by atoms with E-state index in [0.29, 0.717) is 0 Å². The summed E-state index contributed by atoms with van der Waals surface area (Å²) >= 11 is 5.92. The fourth-order valence-corrected chi connectivity index (χ4v) is 2.35. The van der Waals surface area contributed by atoms with E-state index in [1.54, 1.807) is 0 Å². The second kappa shape index (κ2) is 6.47. The largest absolute Gasteiger partial charge is 0.573 e. The summed E-state index contributed by atoms with van der Waals surface area (Å²) in [7, 11) is 0. The summed E-state index contributed by atoms with van der Waals surface area (Å²) in [6.45, 7) is 0. The standard InChI is InChI=1S/C15H10ClF3O4/c16-10-6-3-5-9(12(10)13(20)14(21)22)8-4-1-2-7-11(8)23-15(17,18)19/h1-7,13,20H,(H,21,22). The number of benzene rings is 2. The molecular formula is C15H10ClF3O4. The Morgan fingerprint density at radius 1 is 1.09 bits per heavy atom. The highest BCUT2D eigenvalue weighted by Crippen LogP contribution is 2.39. The zero-order chi connectivity index (χ0) is 17.2. The van der Waals surface area contributed by atoms with E-state index >= 15 is 0 Å². The molecule has 0 saturated heterocycles. The van der Waals surface area contributed by atoms with Gasteiger partial charge in [-0.25, -0.2) is 4.79 Å². The predicted molar refractivity (Wildman–Crippen MR) is 76.2 cm³/mol. The van der Waals surface area contributed by atoms with Crippen LogP contribution in [0.5, 0.6) is 5.75 Å². The maximum absolute atomic E-state index is 12.5. The van der Waals surface area contributed by atoms with Gasteiger partial charge in [-0.15, -0.1) is 13.2 Å². The van der Waals surface area contributed by atoms with E-state index in [-0.39, 0.29) is 21.7 Å². The number of carboxylic acid groups (broad SMARTS) is 1. The Morgan fingerprint density at radius 3 is 2.30 bits per heavy atom. The first-order valence-corrected chi connectivity index (χ1v) is 6.63. The van der Waals surface area contributed by atoms with Gasteiger partial charge < -0.3 is 14.9 Å². The highest BCUT2D eigenvalue weighted by molar-refractivity contribution is 6.32. The Bertz CT molecular complexity index is 731. The number of aliphatic carboxylic acids is 1. The molecule has 0 aliphatic heterocycles.